The van der Waals surface area contributed by atoms with Gasteiger partial charge in [0.25, 0.3) is 5.88 Å². The van der Waals surface area contributed by atoms with Crippen molar-refractivity contribution < 1.29 is 50.1 Å². The van der Waals surface area contributed by atoms with Gasteiger partial charge in [-0.1, -0.05) is 0 Å². The number of nitrogens with one attached hydrogen (secondary N) is 2. The van der Waals surface area contributed by atoms with Crippen LogP contribution in [0.3, 0.4) is 0 Å². The first-order valence-electron chi connectivity index (χ1n) is 14.6. The van der Waals surface area contributed by atoms with Crippen molar-refractivity contribution in [3.8, 4) is 5.88 Å². The Bertz CT molecular complexity index is 1530. The van der Waals surface area contributed by atoms with E-state index in [4.69, 9.17) is 14.2 Å². The van der Waals surface area contributed by atoms with Crippen molar-refractivity contribution in [2.75, 3.05) is 81.2 Å². The van der Waals surface area contributed by atoms with Crippen molar-refractivity contribution >= 4 is 41.2 Å². The number of alkyl halides is 6. The number of aromatic nitrogens is 3. The third-order valence-corrected chi connectivity index (χ3v) is 7.82. The number of carbonyl (C=O) groups excluding carboxylic acids is 2. The van der Waals surface area contributed by atoms with Crippen LogP contribution < -0.4 is 20.3 Å². The number of nitrogens with zero attached hydrogens (tertiary/aromatic N) is 6. The molecule has 0 aliphatic carbocycles. The molecule has 2 aliphatic rings. The predicted molar refractivity (Wildman–Crippen MR) is 160 cm³/mol. The molecule has 4 heterocycles. The van der Waals surface area contributed by atoms with Crippen molar-refractivity contribution in [1.82, 2.24) is 23.5 Å². The van der Waals surface area contributed by atoms with Crippen LogP contribution >= 0.6 is 11.7 Å². The standard InChI is InChI=1S/C28H30F6N8O5S/c29-27(30,31)19-14-20(28(32,33)34)16-21(15-19)36-25(43)42-5-3-41(4-6-42)23-24(39-48-38-23)47-17-18-1-2-35-22(13-18)37-26(44)46-12-9-40-7-10-45-11-8-40/h1-2,13-16H,3-12,17H2,(H,36,43)(H,35,37,44). The zero-order chi connectivity index (χ0) is 34.3. The summed E-state index contributed by atoms with van der Waals surface area (Å²) in [5.74, 6) is 0.887. The highest BCUT2D eigenvalue weighted by atomic mass is 32.1. The van der Waals surface area contributed by atoms with Gasteiger partial charge in [-0.3, -0.25) is 10.2 Å². The minimum Gasteiger partial charge on any atom is -0.470 e. The molecule has 20 heteroatoms. The number of rotatable bonds is 9. The molecule has 0 atom stereocenters. The van der Waals surface area contributed by atoms with E-state index < -0.39 is 41.3 Å². The van der Waals surface area contributed by atoms with Gasteiger partial charge in [-0.2, -0.15) is 30.7 Å². The zero-order valence-electron chi connectivity index (χ0n) is 25.1. The summed E-state index contributed by atoms with van der Waals surface area (Å²) >= 11 is 0.900. The van der Waals surface area contributed by atoms with Gasteiger partial charge >= 0.3 is 24.5 Å². The molecule has 2 aliphatic heterocycles. The first kappa shape index (κ1) is 34.9. The lowest BCUT2D eigenvalue weighted by Gasteiger charge is -2.34. The predicted octanol–water partition coefficient (Wildman–Crippen LogP) is 4.78. The van der Waals surface area contributed by atoms with Crippen molar-refractivity contribution in [2.45, 2.75) is 19.0 Å². The molecule has 2 aromatic heterocycles. The number of urea groups is 1. The third-order valence-electron chi connectivity index (χ3n) is 7.32. The van der Waals surface area contributed by atoms with E-state index in [0.717, 1.165) is 24.8 Å². The van der Waals surface area contributed by atoms with E-state index in [1.54, 1.807) is 17.0 Å². The number of carbonyl (C=O) groups is 2. The normalized spacial score (nSPS) is 16.0. The van der Waals surface area contributed by atoms with Gasteiger partial charge in [0.05, 0.1) is 36.1 Å². The Kier molecular flexibility index (Phi) is 11.0. The molecule has 3 amide bonds. The van der Waals surface area contributed by atoms with Gasteiger partial charge in [0.15, 0.2) is 0 Å². The highest BCUT2D eigenvalue weighted by Gasteiger charge is 2.37. The summed E-state index contributed by atoms with van der Waals surface area (Å²) in [6.07, 6.45) is -9.23. The molecule has 48 heavy (non-hydrogen) atoms. The fraction of sp³-hybridized carbons (Fsp3) is 0.464. The smallest absolute Gasteiger partial charge is 0.416 e. The number of anilines is 3. The van der Waals surface area contributed by atoms with Gasteiger partial charge in [0.2, 0.25) is 5.82 Å². The lowest BCUT2D eigenvalue weighted by Crippen LogP contribution is -2.50. The molecule has 0 unspecified atom stereocenters. The fourth-order valence-corrected chi connectivity index (χ4v) is 5.35. The molecule has 2 N–H and O–H groups in total. The van der Waals surface area contributed by atoms with Crippen LogP contribution in [-0.2, 0) is 28.4 Å². The van der Waals surface area contributed by atoms with Gasteiger partial charge < -0.3 is 29.3 Å². The summed E-state index contributed by atoms with van der Waals surface area (Å²) in [6, 6.07) is 3.35. The molecule has 13 nitrogen and oxygen atoms in total. The van der Waals surface area contributed by atoms with Gasteiger partial charge in [-0.05, 0) is 35.9 Å². The number of hydrogen-bond acceptors (Lipinski definition) is 11. The molecule has 3 aromatic rings. The van der Waals surface area contributed by atoms with Gasteiger partial charge in [0.1, 0.15) is 19.0 Å². The topological polar surface area (TPSA) is 134 Å². The fourth-order valence-electron chi connectivity index (χ4n) is 4.83. The second-order valence-corrected chi connectivity index (χ2v) is 11.2. The van der Waals surface area contributed by atoms with E-state index in [1.807, 2.05) is 0 Å². The molecule has 260 valence electrons. The summed E-state index contributed by atoms with van der Waals surface area (Å²) in [5.41, 5.74) is -3.02. The number of ether oxygens (including phenoxy) is 3. The van der Waals surface area contributed by atoms with Gasteiger partial charge in [-0.25, -0.2) is 14.6 Å². The second-order valence-electron chi connectivity index (χ2n) is 10.6. The van der Waals surface area contributed by atoms with E-state index in [0.29, 0.717) is 43.3 Å². The highest BCUT2D eigenvalue weighted by molar-refractivity contribution is 6.99. The lowest BCUT2D eigenvalue weighted by molar-refractivity contribution is -0.143. The molecular weight excluding hydrogens is 674 g/mol. The van der Waals surface area contributed by atoms with Crippen LogP contribution in [0.1, 0.15) is 16.7 Å². The summed E-state index contributed by atoms with van der Waals surface area (Å²) in [7, 11) is 0. The van der Waals surface area contributed by atoms with Crippen LogP contribution in [-0.4, -0.2) is 101 Å². The van der Waals surface area contributed by atoms with E-state index in [1.165, 1.54) is 11.1 Å². The van der Waals surface area contributed by atoms with Gasteiger partial charge in [-0.15, -0.1) is 4.37 Å². The van der Waals surface area contributed by atoms with Crippen LogP contribution in [0.15, 0.2) is 36.5 Å². The summed E-state index contributed by atoms with van der Waals surface area (Å²) in [6.45, 7) is 4.38. The molecular formula is C28H30F6N8O5S. The molecule has 0 bridgehead atoms. The Labute approximate surface area is 274 Å². The maximum absolute atomic E-state index is 13.2. The monoisotopic (exact) mass is 704 g/mol. The molecule has 2 fully saturated rings. The molecule has 0 spiro atoms. The summed E-state index contributed by atoms with van der Waals surface area (Å²) in [4.78, 5) is 34.3. The van der Waals surface area contributed by atoms with E-state index in [9.17, 15) is 35.9 Å². The Morgan fingerprint density at radius 3 is 2.25 bits per heavy atom. The number of benzene rings is 1. The average molecular weight is 705 g/mol. The summed E-state index contributed by atoms with van der Waals surface area (Å²) in [5, 5.41) is 4.73. The highest BCUT2D eigenvalue weighted by Crippen LogP contribution is 2.37. The Balaban J connectivity index is 1.10. The van der Waals surface area contributed by atoms with Crippen LogP contribution in [0.5, 0.6) is 5.88 Å². The Morgan fingerprint density at radius 1 is 0.896 bits per heavy atom. The number of pyridine rings is 1. The van der Waals surface area contributed by atoms with E-state index >= 15 is 0 Å². The lowest BCUT2D eigenvalue weighted by atomic mass is 10.1. The number of piperazine rings is 1. The largest absolute Gasteiger partial charge is 0.470 e. The Morgan fingerprint density at radius 2 is 1.58 bits per heavy atom. The SMILES string of the molecule is O=C(Nc1cc(COc2nsnc2N2CCN(C(=O)Nc3cc(C(F)(F)F)cc(C(F)(F)F)c3)CC2)ccn1)OCCN1CCOCC1. The quantitative estimate of drug-likeness (QED) is 0.300. The maximum atomic E-state index is 13.2. The van der Waals surface area contributed by atoms with Crippen LogP contribution in [0.4, 0.5) is 53.3 Å². The van der Waals surface area contributed by atoms with Crippen molar-refractivity contribution in [3.63, 3.8) is 0 Å². The molecule has 2 saturated heterocycles. The molecule has 1 aromatic carbocycles. The number of morpholine rings is 1. The maximum Gasteiger partial charge on any atom is 0.416 e. The van der Waals surface area contributed by atoms with Crippen molar-refractivity contribution in [2.24, 2.45) is 0 Å². The Hall–Kier alpha value is -4.43. The minimum atomic E-state index is -5.04. The first-order valence-corrected chi connectivity index (χ1v) is 15.3. The van der Waals surface area contributed by atoms with Crippen molar-refractivity contribution in [3.05, 3.63) is 53.2 Å². The zero-order valence-corrected chi connectivity index (χ0v) is 26.0. The number of halogens is 6. The van der Waals surface area contributed by atoms with Crippen LogP contribution in [0, 0.1) is 0 Å². The molecule has 5 rings (SSSR count). The first-order chi connectivity index (χ1) is 22.8. The molecule has 0 radical (unpaired) electrons. The molecule has 0 saturated carbocycles. The van der Waals surface area contributed by atoms with E-state index in [2.05, 4.69) is 29.3 Å². The number of hydrogen-bond donors (Lipinski definition) is 2. The van der Waals surface area contributed by atoms with Crippen molar-refractivity contribution in [1.29, 1.82) is 0 Å². The number of amides is 3. The third kappa shape index (κ3) is 9.57. The second kappa shape index (κ2) is 15.2. The van der Waals surface area contributed by atoms with Crippen LogP contribution in [0.25, 0.3) is 0 Å². The minimum absolute atomic E-state index is 0.00781. The van der Waals surface area contributed by atoms with Gasteiger partial charge in [0, 0.05) is 57.7 Å². The van der Waals surface area contributed by atoms with E-state index in [-0.39, 0.29) is 57.2 Å². The van der Waals surface area contributed by atoms with Crippen LogP contribution in [0.2, 0.25) is 0 Å². The average Bonchev–Trinajstić information content (AvgIpc) is 3.52. The summed E-state index contributed by atoms with van der Waals surface area (Å²) < 4.78 is 104.